The van der Waals surface area contributed by atoms with Gasteiger partial charge in [0, 0.05) is 34.9 Å². The third-order valence-electron chi connectivity index (χ3n) is 1.48. The molecular weight excluding hydrogens is 273 g/mol. The van der Waals surface area contributed by atoms with Gasteiger partial charge in [0.2, 0.25) is 0 Å². The van der Waals surface area contributed by atoms with Crippen LogP contribution in [0.1, 0.15) is 34.6 Å². The molecule has 15 heavy (non-hydrogen) atoms. The van der Waals surface area contributed by atoms with Crippen LogP contribution in [0, 0.1) is 11.8 Å². The van der Waals surface area contributed by atoms with Gasteiger partial charge in [0.1, 0.15) is 5.76 Å². The van der Waals surface area contributed by atoms with E-state index in [9.17, 15) is 9.90 Å². The first-order valence-electron chi connectivity index (χ1n) is 4.93. The van der Waals surface area contributed by atoms with Crippen LogP contribution in [-0.4, -0.2) is 27.4 Å². The van der Waals surface area contributed by atoms with Crippen molar-refractivity contribution in [3.05, 3.63) is 11.8 Å². The van der Waals surface area contributed by atoms with E-state index in [0.29, 0.717) is 0 Å². The third-order valence-corrected chi connectivity index (χ3v) is 1.48. The van der Waals surface area contributed by atoms with E-state index in [4.69, 9.17) is 5.11 Å². The number of rotatable bonds is 3. The van der Waals surface area contributed by atoms with Crippen LogP contribution in [0.2, 0.25) is 0 Å². The third kappa shape index (κ3) is 13.9. The molecule has 0 spiro atoms. The fourth-order valence-corrected chi connectivity index (χ4v) is 0.485. The first kappa shape index (κ1) is 20.3. The van der Waals surface area contributed by atoms with Gasteiger partial charge in [0.15, 0.2) is 0 Å². The van der Waals surface area contributed by atoms with Crippen molar-refractivity contribution >= 4 is 5.78 Å². The van der Waals surface area contributed by atoms with Gasteiger partial charge >= 0.3 is 5.78 Å². The van der Waals surface area contributed by atoms with Gasteiger partial charge < -0.3 is 10.2 Å². The zero-order chi connectivity index (χ0) is 11.7. The number of aliphatic hydroxyl groups excluding tert-OH is 2. The molecule has 0 aliphatic carbocycles. The Kier molecular flexibility index (Phi) is 16.2. The van der Waals surface area contributed by atoms with E-state index in [1.165, 1.54) is 6.08 Å². The summed E-state index contributed by atoms with van der Waals surface area (Å²) < 4.78 is 0. The molecule has 0 aromatic rings. The minimum Gasteiger partial charge on any atom is -0.512 e. The summed E-state index contributed by atoms with van der Waals surface area (Å²) in [5.74, 6) is 0.624. The summed E-state index contributed by atoms with van der Waals surface area (Å²) in [6.07, 6.45) is 1.43. The van der Waals surface area contributed by atoms with E-state index in [1.54, 1.807) is 6.92 Å². The maximum Gasteiger partial charge on any atom is 0.322 e. The van der Waals surface area contributed by atoms with E-state index in [2.05, 4.69) is 0 Å². The molecule has 4 heteroatoms. The van der Waals surface area contributed by atoms with Gasteiger partial charge in [-0.3, -0.25) is 4.79 Å². The average molecular weight is 296 g/mol. The second-order valence-corrected chi connectivity index (χ2v) is 3.62. The first-order valence-corrected chi connectivity index (χ1v) is 4.93. The molecule has 3 nitrogen and oxygen atoms in total. The predicted octanol–water partition coefficient (Wildman–Crippen LogP) is 2.28. The average Bonchev–Trinajstić information content (AvgIpc) is 2.05. The maximum atomic E-state index is 9.23. The smallest absolute Gasteiger partial charge is 0.322 e. The topological polar surface area (TPSA) is 61.9 Å². The quantitative estimate of drug-likeness (QED) is 0.363. The summed E-state index contributed by atoms with van der Waals surface area (Å²) >= 11 is 0. The Labute approximate surface area is 108 Å². The van der Waals surface area contributed by atoms with Crippen molar-refractivity contribution in [1.82, 2.24) is 0 Å². The predicted molar refractivity (Wildman–Crippen MR) is 60.1 cm³/mol. The molecule has 0 saturated heterocycles. The fourth-order valence-electron chi connectivity index (χ4n) is 0.485. The summed E-state index contributed by atoms with van der Waals surface area (Å²) in [5, 5.41) is 16.8. The standard InChI is InChI=1S/C9H16O2.C2H6O.Nb/c1-6(2)8(10)5-9(11)7(3)4;1-2-3;/h5-7,10H,1-4H3;3H,2H2,1H3;/p+1/b8-5-;;. The van der Waals surface area contributed by atoms with Gasteiger partial charge in [0.05, 0.1) is 12.0 Å². The van der Waals surface area contributed by atoms with Crippen molar-refractivity contribution in [3.63, 3.8) is 0 Å². The van der Waals surface area contributed by atoms with Crippen LogP contribution < -0.4 is 0 Å². The minimum atomic E-state index is 0. The van der Waals surface area contributed by atoms with Crippen LogP contribution in [0.4, 0.5) is 0 Å². The van der Waals surface area contributed by atoms with Crippen LogP contribution in [0.15, 0.2) is 11.8 Å². The van der Waals surface area contributed by atoms with Crippen molar-refractivity contribution in [2.24, 2.45) is 11.8 Å². The summed E-state index contributed by atoms with van der Waals surface area (Å²) in [6, 6.07) is 0. The zero-order valence-corrected chi connectivity index (χ0v) is 12.4. The molecule has 0 aliphatic rings. The molecule has 89 valence electrons. The fraction of sp³-hybridized carbons (Fsp3) is 0.727. The molecule has 0 unspecified atom stereocenters. The maximum absolute atomic E-state index is 9.23. The van der Waals surface area contributed by atoms with Crippen LogP contribution >= 0.6 is 0 Å². The van der Waals surface area contributed by atoms with E-state index in [0.717, 1.165) is 0 Å². The van der Waals surface area contributed by atoms with Crippen molar-refractivity contribution in [2.45, 2.75) is 34.6 Å². The Morgan fingerprint density at radius 3 is 1.73 bits per heavy atom. The number of allylic oxidation sites excluding steroid dienone is 2. The summed E-state index contributed by atoms with van der Waals surface area (Å²) in [6.45, 7) is 9.43. The van der Waals surface area contributed by atoms with Gasteiger partial charge in [-0.05, 0) is 6.92 Å². The van der Waals surface area contributed by atoms with Crippen molar-refractivity contribution in [3.8, 4) is 0 Å². The Bertz CT molecular complexity index is 186. The molecular formula is C11H23NbO3+. The SMILES string of the molecule is CC(C)C(=[OH+])/C=C(\O)C(C)C.CCO.[Nb]. The molecule has 0 rings (SSSR count). The Morgan fingerprint density at radius 1 is 1.20 bits per heavy atom. The molecule has 0 heterocycles. The molecule has 0 atom stereocenters. The first-order chi connectivity index (χ1) is 6.36. The number of hydrogen-bond donors (Lipinski definition) is 2. The summed E-state index contributed by atoms with van der Waals surface area (Å²) in [4.78, 5) is 9.23. The van der Waals surface area contributed by atoms with E-state index >= 15 is 0 Å². The van der Waals surface area contributed by atoms with Gasteiger partial charge in [-0.2, -0.15) is 0 Å². The summed E-state index contributed by atoms with van der Waals surface area (Å²) in [7, 11) is 0. The normalized spacial score (nSPS) is 10.5. The number of carbonyl (C=O) groups excluding carboxylic acids is 1. The van der Waals surface area contributed by atoms with Crippen LogP contribution in [0.3, 0.4) is 0 Å². The molecule has 0 bridgehead atoms. The van der Waals surface area contributed by atoms with Crippen LogP contribution in [0.25, 0.3) is 0 Å². The molecule has 0 saturated carbocycles. The Hall–Kier alpha value is -0.0897. The summed E-state index contributed by atoms with van der Waals surface area (Å²) in [5.41, 5.74) is 0. The van der Waals surface area contributed by atoms with E-state index < -0.39 is 0 Å². The Morgan fingerprint density at radius 2 is 1.53 bits per heavy atom. The van der Waals surface area contributed by atoms with Gasteiger partial charge in [-0.25, -0.2) is 0 Å². The van der Waals surface area contributed by atoms with Gasteiger partial charge in [0.25, 0.3) is 0 Å². The molecule has 0 aromatic carbocycles. The van der Waals surface area contributed by atoms with Gasteiger partial charge in [-0.1, -0.05) is 27.7 Å². The van der Waals surface area contributed by atoms with Crippen LogP contribution in [0.5, 0.6) is 0 Å². The van der Waals surface area contributed by atoms with Crippen LogP contribution in [-0.2, 0) is 22.4 Å². The zero-order valence-electron chi connectivity index (χ0n) is 10.2. The second kappa shape index (κ2) is 12.0. The molecule has 0 fully saturated rings. The minimum absolute atomic E-state index is 0. The molecule has 1 radical (unpaired) electrons. The van der Waals surface area contributed by atoms with Crippen molar-refractivity contribution in [2.75, 3.05) is 6.61 Å². The monoisotopic (exact) mass is 296 g/mol. The number of aliphatic hydroxyl groups is 2. The second-order valence-electron chi connectivity index (χ2n) is 3.62. The molecule has 0 aliphatic heterocycles. The van der Waals surface area contributed by atoms with E-state index in [1.807, 2.05) is 27.7 Å². The molecule has 3 N–H and O–H groups in total. The van der Waals surface area contributed by atoms with E-state index in [-0.39, 0.29) is 52.4 Å². The van der Waals surface area contributed by atoms with Gasteiger partial charge in [-0.15, -0.1) is 0 Å². The number of hydrogen-bond acceptors (Lipinski definition) is 2. The molecule has 0 amide bonds. The number of ketones is 1. The largest absolute Gasteiger partial charge is 0.512 e. The van der Waals surface area contributed by atoms with Crippen molar-refractivity contribution < 1.29 is 37.4 Å². The Balaban J connectivity index is -0.000000320. The molecule has 0 aromatic heterocycles. The van der Waals surface area contributed by atoms with Crippen molar-refractivity contribution in [1.29, 1.82) is 0 Å².